The van der Waals surface area contributed by atoms with Gasteiger partial charge in [-0.05, 0) is 46.5 Å². The van der Waals surface area contributed by atoms with Gasteiger partial charge in [0.1, 0.15) is 41.1 Å². The van der Waals surface area contributed by atoms with Crippen LogP contribution in [0.25, 0.3) is 52.9 Å². The maximum atomic E-state index is 16.9. The van der Waals surface area contributed by atoms with E-state index in [1.165, 1.54) is 0 Å². The average molecular weight is 603 g/mol. The molecule has 2 aliphatic carbocycles. The average Bonchev–Trinajstić information content (AvgIpc) is 3.56. The molecule has 0 aliphatic heterocycles. The van der Waals surface area contributed by atoms with Gasteiger partial charge < -0.3 is 0 Å². The first-order chi connectivity index (χ1) is 22.1. The Morgan fingerprint density at radius 2 is 1.26 bits per heavy atom. The largest absolute Gasteiger partial charge is 0.270 e. The monoisotopic (exact) mass is 603 g/mol. The standard InChI is InChI=1S/C33H5F4N9/c1-42-23-8-20(34)16(7-21(23)35)30-29(25(12-41)44-3)18-6-17-27(32(37)31(18)33(30)45-4)19(10-39)26(28(17)24(11-40)43-2)15-5-14(9-38)46-13-22(15)36/h5-8,13H/b28-24+,29-25-. The Morgan fingerprint density at radius 3 is 1.80 bits per heavy atom. The molecule has 0 fully saturated rings. The zero-order valence-electron chi connectivity index (χ0n) is 22.4. The van der Waals surface area contributed by atoms with Gasteiger partial charge in [0.05, 0.1) is 50.2 Å². The van der Waals surface area contributed by atoms with E-state index >= 15 is 13.2 Å². The Kier molecular flexibility index (Phi) is 7.17. The predicted molar refractivity (Wildman–Crippen MR) is 152 cm³/mol. The number of pyridine rings is 1. The summed E-state index contributed by atoms with van der Waals surface area (Å²) >= 11 is 0. The summed E-state index contributed by atoms with van der Waals surface area (Å²) in [6.07, 6.45) is 0.658. The van der Waals surface area contributed by atoms with E-state index in [9.17, 15) is 25.4 Å². The summed E-state index contributed by atoms with van der Waals surface area (Å²) in [5.74, 6) is -4.87. The highest BCUT2D eigenvalue weighted by atomic mass is 19.1. The molecule has 0 bridgehead atoms. The van der Waals surface area contributed by atoms with Gasteiger partial charge in [-0.2, -0.15) is 10.5 Å². The van der Waals surface area contributed by atoms with Gasteiger partial charge in [-0.3, -0.25) is 0 Å². The van der Waals surface area contributed by atoms with E-state index in [4.69, 9.17) is 26.3 Å². The third-order valence-electron chi connectivity index (χ3n) is 7.08. The molecule has 2 aromatic carbocycles. The van der Waals surface area contributed by atoms with Crippen LogP contribution >= 0.6 is 0 Å². The summed E-state index contributed by atoms with van der Waals surface area (Å²) in [6, 6.07) is 9.74. The molecule has 5 rings (SSSR count). The first-order valence-electron chi connectivity index (χ1n) is 12.3. The molecule has 0 saturated heterocycles. The number of aromatic nitrogens is 1. The minimum atomic E-state index is -1.34. The van der Waals surface area contributed by atoms with E-state index < -0.39 is 96.2 Å². The Labute approximate surface area is 256 Å². The van der Waals surface area contributed by atoms with Crippen LogP contribution in [0.15, 0.2) is 41.9 Å². The van der Waals surface area contributed by atoms with Crippen LogP contribution in [0.3, 0.4) is 0 Å². The fourth-order valence-electron chi connectivity index (χ4n) is 5.31. The zero-order valence-corrected chi connectivity index (χ0v) is 22.4. The molecule has 46 heavy (non-hydrogen) atoms. The van der Waals surface area contributed by atoms with Gasteiger partial charge in [-0.25, -0.2) is 52.4 Å². The molecule has 0 amide bonds. The van der Waals surface area contributed by atoms with Crippen molar-refractivity contribution in [1.29, 1.82) is 21.0 Å². The highest BCUT2D eigenvalue weighted by Crippen LogP contribution is 2.56. The van der Waals surface area contributed by atoms with Crippen LogP contribution in [0, 0.1) is 94.9 Å². The maximum Gasteiger partial charge on any atom is 0.270 e. The van der Waals surface area contributed by atoms with Crippen molar-refractivity contribution in [3.8, 4) is 24.3 Å². The highest BCUT2D eigenvalue weighted by molar-refractivity contribution is 6.29. The number of hydrogen-bond acceptors (Lipinski definition) is 5. The quantitative estimate of drug-likeness (QED) is 0.169. The van der Waals surface area contributed by atoms with E-state index in [-0.39, 0.29) is 16.8 Å². The number of nitrogens with zero attached hydrogens (tertiary/aromatic N) is 9. The molecule has 0 N–H and O–H groups in total. The summed E-state index contributed by atoms with van der Waals surface area (Å²) in [6.45, 7) is 30.1. The minimum Gasteiger partial charge on any atom is -0.242 e. The SMILES string of the molecule is [C-]#[N+]C1=C(c2cc(F)c([N+]#[C-])cc2F)/C(=C(/C#N)[N+]#[C-])c2cc3c(c(F)c21)C(C#N)=C(c1cc(C#N)ncc1F)/C3=C(\C#N)[N+]#[C-]. The number of benzene rings is 2. The number of rotatable bonds is 2. The Bertz CT molecular complexity index is 2460. The normalized spacial score (nSPS) is 14.7. The number of allylic oxidation sites excluding steroid dienone is 7. The molecule has 1 heterocycles. The van der Waals surface area contributed by atoms with Crippen molar-refractivity contribution >= 4 is 39.2 Å². The van der Waals surface area contributed by atoms with Gasteiger partial charge in [0.15, 0.2) is 0 Å². The second-order valence-electron chi connectivity index (χ2n) is 9.18. The molecule has 1 aromatic heterocycles. The van der Waals surface area contributed by atoms with Crippen molar-refractivity contribution in [2.24, 2.45) is 0 Å². The van der Waals surface area contributed by atoms with E-state index in [1.54, 1.807) is 24.3 Å². The Morgan fingerprint density at radius 1 is 0.652 bits per heavy atom. The van der Waals surface area contributed by atoms with Crippen LogP contribution in [0.5, 0.6) is 0 Å². The lowest BCUT2D eigenvalue weighted by Gasteiger charge is -2.14. The fraction of sp³-hybridized carbons (Fsp3) is 0. The van der Waals surface area contributed by atoms with E-state index in [1.807, 2.05) is 0 Å². The molecular weight excluding hydrogens is 598 g/mol. The molecule has 13 heteroatoms. The van der Waals surface area contributed by atoms with E-state index in [2.05, 4.69) is 24.4 Å². The van der Waals surface area contributed by atoms with E-state index in [0.29, 0.717) is 18.3 Å². The third kappa shape index (κ3) is 4.05. The van der Waals surface area contributed by atoms with Gasteiger partial charge >= 0.3 is 0 Å². The summed E-state index contributed by atoms with van der Waals surface area (Å²) in [4.78, 5) is 16.1. The Balaban J connectivity index is 2.02. The molecule has 9 nitrogen and oxygen atoms in total. The number of nitriles is 4. The summed E-state index contributed by atoms with van der Waals surface area (Å²) in [7, 11) is 0. The van der Waals surface area contributed by atoms with Crippen molar-refractivity contribution in [2.75, 3.05) is 0 Å². The maximum absolute atomic E-state index is 16.9. The second-order valence-corrected chi connectivity index (χ2v) is 9.18. The summed E-state index contributed by atoms with van der Waals surface area (Å²) in [5, 5.41) is 39.2. The molecule has 2 aliphatic rings. The van der Waals surface area contributed by atoms with Gasteiger partial charge in [0.2, 0.25) is 11.4 Å². The lowest BCUT2D eigenvalue weighted by molar-refractivity contribution is 0.602. The molecule has 0 saturated carbocycles. The number of fused-ring (bicyclic) bond motifs is 2. The van der Waals surface area contributed by atoms with Gasteiger partial charge in [0, 0.05) is 33.4 Å². The molecule has 210 valence electrons. The predicted octanol–water partition coefficient (Wildman–Crippen LogP) is 7.62. The second kappa shape index (κ2) is 11.1. The van der Waals surface area contributed by atoms with Crippen molar-refractivity contribution in [1.82, 2.24) is 4.98 Å². The Hall–Kier alpha value is -7.81. The van der Waals surface area contributed by atoms with Crippen molar-refractivity contribution in [2.45, 2.75) is 0 Å². The summed E-state index contributed by atoms with van der Waals surface area (Å²) in [5.41, 5.74) is -8.78. The first-order valence-corrected chi connectivity index (χ1v) is 12.3. The molecule has 3 aromatic rings. The van der Waals surface area contributed by atoms with Crippen molar-refractivity contribution in [3.63, 3.8) is 0 Å². The lowest BCUT2D eigenvalue weighted by Crippen LogP contribution is -1.99. The first kappa shape index (κ1) is 29.7. The smallest absolute Gasteiger partial charge is 0.242 e. The molecule has 0 spiro atoms. The number of hydrogen-bond donors (Lipinski definition) is 0. The van der Waals surface area contributed by atoms with Gasteiger partial charge in [-0.15, -0.1) is 0 Å². The minimum absolute atomic E-state index is 0.317. The zero-order chi connectivity index (χ0) is 33.4. The summed E-state index contributed by atoms with van der Waals surface area (Å²) < 4.78 is 62.2. The molecule has 0 atom stereocenters. The van der Waals surface area contributed by atoms with Crippen LogP contribution in [0.2, 0.25) is 0 Å². The highest BCUT2D eigenvalue weighted by Gasteiger charge is 2.41. The topological polar surface area (TPSA) is 125 Å². The number of halogens is 4. The van der Waals surface area contributed by atoms with Gasteiger partial charge in [0.25, 0.3) is 11.4 Å². The van der Waals surface area contributed by atoms with Gasteiger partial charge in [-0.1, -0.05) is 0 Å². The third-order valence-corrected chi connectivity index (χ3v) is 7.08. The lowest BCUT2D eigenvalue weighted by atomic mass is 9.90. The molecule has 0 unspecified atom stereocenters. The van der Waals surface area contributed by atoms with E-state index in [0.717, 1.165) is 12.1 Å². The van der Waals surface area contributed by atoms with Crippen LogP contribution in [0.4, 0.5) is 23.2 Å². The molecule has 0 radical (unpaired) electrons. The van der Waals surface area contributed by atoms with Crippen LogP contribution in [0.1, 0.15) is 39.1 Å². The van der Waals surface area contributed by atoms with Crippen molar-refractivity contribution < 1.29 is 17.6 Å². The van der Waals surface area contributed by atoms with Crippen LogP contribution in [-0.2, 0) is 0 Å². The van der Waals surface area contributed by atoms with Crippen molar-refractivity contribution in [3.05, 3.63) is 150 Å². The van der Waals surface area contributed by atoms with Crippen LogP contribution in [-0.4, -0.2) is 4.98 Å². The fourth-order valence-corrected chi connectivity index (χ4v) is 5.31. The van der Waals surface area contributed by atoms with Crippen LogP contribution < -0.4 is 0 Å². The molecular formula is C33H5F4N9.